The van der Waals surface area contributed by atoms with Gasteiger partial charge in [-0.1, -0.05) is 76.2 Å². The van der Waals surface area contributed by atoms with Crippen molar-refractivity contribution in [3.8, 4) is 11.1 Å². The summed E-state index contributed by atoms with van der Waals surface area (Å²) in [7, 11) is 0. The lowest BCUT2D eigenvalue weighted by atomic mass is 9.56. The largest absolute Gasteiger partial charge is 0.481 e. The highest BCUT2D eigenvalue weighted by atomic mass is 16.4. The smallest absolute Gasteiger partial charge is 0.306 e. The van der Waals surface area contributed by atoms with E-state index in [1.165, 1.54) is 0 Å². The second-order valence-corrected chi connectivity index (χ2v) is 7.79. The van der Waals surface area contributed by atoms with Crippen LogP contribution in [0.4, 0.5) is 0 Å². The van der Waals surface area contributed by atoms with Crippen LogP contribution in [0.2, 0.25) is 0 Å². The van der Waals surface area contributed by atoms with Gasteiger partial charge in [0.05, 0.1) is 11.8 Å². The van der Waals surface area contributed by atoms with E-state index in [0.717, 1.165) is 22.3 Å². The Kier molecular flexibility index (Phi) is 4.85. The molecule has 0 spiro atoms. The van der Waals surface area contributed by atoms with Gasteiger partial charge in [0.2, 0.25) is 0 Å². The number of carbonyl (C=O) groups is 2. The molecule has 2 aromatic carbocycles. The Morgan fingerprint density at radius 1 is 0.704 bits per heavy atom. The van der Waals surface area contributed by atoms with E-state index in [1.54, 1.807) is 13.8 Å². The van der Waals surface area contributed by atoms with E-state index < -0.39 is 29.2 Å². The number of hydrogen-bond donors (Lipinski definition) is 2. The fourth-order valence-corrected chi connectivity index (χ4v) is 4.91. The molecule has 1 aliphatic rings. The maximum absolute atomic E-state index is 11.9. The fourth-order valence-electron chi connectivity index (χ4n) is 4.91. The first-order valence-electron chi connectivity index (χ1n) is 9.39. The monoisotopic (exact) mass is 366 g/mol. The average molecular weight is 366 g/mol. The van der Waals surface area contributed by atoms with Gasteiger partial charge in [-0.25, -0.2) is 0 Å². The Hall–Kier alpha value is -2.62. The van der Waals surface area contributed by atoms with Crippen LogP contribution in [-0.4, -0.2) is 22.2 Å². The molecular weight excluding hydrogens is 340 g/mol. The molecule has 0 saturated heterocycles. The van der Waals surface area contributed by atoms with Crippen LogP contribution in [0.3, 0.4) is 0 Å². The number of hydrogen-bond acceptors (Lipinski definition) is 2. The van der Waals surface area contributed by atoms with Crippen LogP contribution in [0.5, 0.6) is 0 Å². The summed E-state index contributed by atoms with van der Waals surface area (Å²) in [4.78, 5) is 23.7. The summed E-state index contributed by atoms with van der Waals surface area (Å²) in [5.41, 5.74) is 3.53. The molecule has 4 heteroatoms. The van der Waals surface area contributed by atoms with Crippen LogP contribution < -0.4 is 0 Å². The molecule has 4 nitrogen and oxygen atoms in total. The maximum Gasteiger partial charge on any atom is 0.306 e. The van der Waals surface area contributed by atoms with Crippen LogP contribution in [0.1, 0.15) is 38.8 Å². The predicted octanol–water partition coefficient (Wildman–Crippen LogP) is 4.67. The molecule has 0 amide bonds. The Morgan fingerprint density at radius 3 is 1.37 bits per heavy atom. The van der Waals surface area contributed by atoms with Gasteiger partial charge in [-0.05, 0) is 34.1 Å². The van der Waals surface area contributed by atoms with Crippen molar-refractivity contribution in [1.82, 2.24) is 0 Å². The van der Waals surface area contributed by atoms with Crippen molar-refractivity contribution in [3.05, 3.63) is 59.7 Å². The molecule has 0 saturated carbocycles. The van der Waals surface area contributed by atoms with Crippen molar-refractivity contribution in [1.29, 1.82) is 0 Å². The zero-order valence-corrected chi connectivity index (χ0v) is 16.1. The normalized spacial score (nSPS) is 18.7. The van der Waals surface area contributed by atoms with Gasteiger partial charge in [0.25, 0.3) is 0 Å². The van der Waals surface area contributed by atoms with Crippen molar-refractivity contribution in [2.45, 2.75) is 33.1 Å². The minimum absolute atomic E-state index is 0.281. The van der Waals surface area contributed by atoms with E-state index in [9.17, 15) is 19.8 Å². The third kappa shape index (κ3) is 2.66. The zero-order valence-electron chi connectivity index (χ0n) is 16.1. The third-order valence-corrected chi connectivity index (χ3v) is 6.75. The lowest BCUT2D eigenvalue weighted by Crippen LogP contribution is -2.47. The molecule has 0 aromatic heterocycles. The van der Waals surface area contributed by atoms with Crippen LogP contribution in [0, 0.1) is 23.7 Å². The highest BCUT2D eigenvalue weighted by Crippen LogP contribution is 2.59. The maximum atomic E-state index is 11.9. The number of carboxylic acid groups (broad SMARTS) is 2. The van der Waals surface area contributed by atoms with E-state index in [-0.39, 0.29) is 11.8 Å². The Balaban J connectivity index is 2.37. The summed E-state index contributed by atoms with van der Waals surface area (Å²) in [5.74, 6) is -3.52. The Morgan fingerprint density at radius 2 is 1.04 bits per heavy atom. The van der Waals surface area contributed by atoms with Crippen molar-refractivity contribution in [2.75, 3.05) is 0 Å². The second kappa shape index (κ2) is 6.84. The molecule has 0 radical (unpaired) electrons. The average Bonchev–Trinajstić information content (AvgIpc) is 2.97. The molecule has 142 valence electrons. The lowest BCUT2D eigenvalue weighted by Gasteiger charge is -2.46. The first-order valence-corrected chi connectivity index (χ1v) is 9.39. The fraction of sp³-hybridized carbons (Fsp3) is 0.391. The van der Waals surface area contributed by atoms with Crippen molar-refractivity contribution >= 4 is 11.9 Å². The van der Waals surface area contributed by atoms with Gasteiger partial charge >= 0.3 is 11.9 Å². The topological polar surface area (TPSA) is 74.6 Å². The quantitative estimate of drug-likeness (QED) is 0.779. The number of carboxylic acids is 2. The van der Waals surface area contributed by atoms with Crippen LogP contribution in [0.15, 0.2) is 48.5 Å². The molecule has 0 bridgehead atoms. The predicted molar refractivity (Wildman–Crippen MR) is 105 cm³/mol. The summed E-state index contributed by atoms with van der Waals surface area (Å²) >= 11 is 0. The SMILES string of the molecule is CC(C(=O)O)C(C)C1(C(C)C(C)C(=O)O)c2ccccc2-c2ccccc21. The standard InChI is InChI=1S/C23H26O4/c1-13(21(24)25)15(3)23(16(4)14(2)22(26)27)19-11-7-5-9-17(19)18-10-6-8-12-20(18)23/h5-16H,1-4H3,(H,24,25)(H,26,27). The molecule has 2 N–H and O–H groups in total. The summed E-state index contributed by atoms with van der Waals surface area (Å²) in [6, 6.07) is 16.0. The summed E-state index contributed by atoms with van der Waals surface area (Å²) in [5, 5.41) is 19.5. The highest BCUT2D eigenvalue weighted by Gasteiger charge is 2.54. The third-order valence-electron chi connectivity index (χ3n) is 6.75. The summed E-state index contributed by atoms with van der Waals surface area (Å²) in [6.07, 6.45) is 0. The van der Waals surface area contributed by atoms with Gasteiger partial charge in [0.15, 0.2) is 0 Å². The van der Waals surface area contributed by atoms with E-state index in [1.807, 2.05) is 62.4 Å². The van der Waals surface area contributed by atoms with Crippen LogP contribution in [0.25, 0.3) is 11.1 Å². The van der Waals surface area contributed by atoms with E-state index in [4.69, 9.17) is 0 Å². The molecule has 0 fully saturated rings. The summed E-state index contributed by atoms with van der Waals surface area (Å²) in [6.45, 7) is 7.33. The molecule has 27 heavy (non-hydrogen) atoms. The molecule has 0 aliphatic heterocycles. The number of fused-ring (bicyclic) bond motifs is 3. The van der Waals surface area contributed by atoms with Gasteiger partial charge in [0.1, 0.15) is 0 Å². The van der Waals surface area contributed by atoms with E-state index >= 15 is 0 Å². The minimum atomic E-state index is -0.862. The van der Waals surface area contributed by atoms with Gasteiger partial charge < -0.3 is 10.2 Å². The van der Waals surface area contributed by atoms with Gasteiger partial charge in [-0.2, -0.15) is 0 Å². The van der Waals surface area contributed by atoms with Gasteiger partial charge in [-0.3, -0.25) is 9.59 Å². The molecule has 2 aromatic rings. The second-order valence-electron chi connectivity index (χ2n) is 7.79. The minimum Gasteiger partial charge on any atom is -0.481 e. The molecule has 1 aliphatic carbocycles. The lowest BCUT2D eigenvalue weighted by molar-refractivity contribution is -0.145. The molecule has 3 rings (SSSR count). The van der Waals surface area contributed by atoms with Gasteiger partial charge in [0, 0.05) is 5.41 Å². The Labute approximate surface area is 159 Å². The molecular formula is C23H26O4. The van der Waals surface area contributed by atoms with Crippen molar-refractivity contribution in [3.63, 3.8) is 0 Å². The highest BCUT2D eigenvalue weighted by molar-refractivity contribution is 5.83. The zero-order chi connectivity index (χ0) is 19.9. The van der Waals surface area contributed by atoms with E-state index in [2.05, 4.69) is 0 Å². The van der Waals surface area contributed by atoms with E-state index in [0.29, 0.717) is 0 Å². The van der Waals surface area contributed by atoms with Gasteiger partial charge in [-0.15, -0.1) is 0 Å². The number of benzene rings is 2. The first kappa shape index (κ1) is 19.2. The van der Waals surface area contributed by atoms with Crippen molar-refractivity contribution in [2.24, 2.45) is 23.7 Å². The van der Waals surface area contributed by atoms with Crippen LogP contribution in [-0.2, 0) is 15.0 Å². The molecule has 4 atom stereocenters. The first-order chi connectivity index (χ1) is 12.7. The molecule has 4 unspecified atom stereocenters. The number of rotatable bonds is 6. The molecule has 0 heterocycles. The van der Waals surface area contributed by atoms with Crippen molar-refractivity contribution < 1.29 is 19.8 Å². The van der Waals surface area contributed by atoms with Crippen LogP contribution >= 0.6 is 0 Å². The summed E-state index contributed by atoms with van der Waals surface area (Å²) < 4.78 is 0. The number of aliphatic carboxylic acids is 2. The Bertz CT molecular complexity index is 812.